The van der Waals surface area contributed by atoms with Crippen molar-refractivity contribution in [2.45, 2.75) is 25.5 Å². The molecule has 1 aliphatic carbocycles. The van der Waals surface area contributed by atoms with Crippen LogP contribution >= 0.6 is 0 Å². The molecule has 0 radical (unpaired) electrons. The number of carbonyl (C=O) groups excluding carboxylic acids is 1. The summed E-state index contributed by atoms with van der Waals surface area (Å²) in [7, 11) is 1.75. The van der Waals surface area contributed by atoms with Gasteiger partial charge in [-0.05, 0) is 48.7 Å². The molecule has 31 heavy (non-hydrogen) atoms. The van der Waals surface area contributed by atoms with Crippen molar-refractivity contribution in [3.8, 4) is 16.9 Å². The molecule has 1 amide bonds. The van der Waals surface area contributed by atoms with E-state index in [9.17, 15) is 9.18 Å². The molecule has 6 nitrogen and oxygen atoms in total. The summed E-state index contributed by atoms with van der Waals surface area (Å²) >= 11 is 0. The first-order chi connectivity index (χ1) is 15.1. The van der Waals surface area contributed by atoms with Gasteiger partial charge in [0.15, 0.2) is 0 Å². The quantitative estimate of drug-likeness (QED) is 0.500. The van der Waals surface area contributed by atoms with E-state index < -0.39 is 0 Å². The Morgan fingerprint density at radius 3 is 2.87 bits per heavy atom. The van der Waals surface area contributed by atoms with Crippen molar-refractivity contribution in [1.82, 2.24) is 20.1 Å². The van der Waals surface area contributed by atoms with Crippen molar-refractivity contribution in [3.63, 3.8) is 0 Å². The number of pyridine rings is 1. The number of amides is 1. The largest absolute Gasteiger partial charge is 0.490 e. The lowest BCUT2D eigenvalue weighted by atomic mass is 10.0. The van der Waals surface area contributed by atoms with E-state index in [0.29, 0.717) is 17.9 Å². The summed E-state index contributed by atoms with van der Waals surface area (Å²) in [4.78, 5) is 19.0. The lowest BCUT2D eigenvalue weighted by molar-refractivity contribution is 0.0785. The molecule has 0 bridgehead atoms. The number of hydrogen-bond donors (Lipinski definition) is 1. The smallest absolute Gasteiger partial charge is 0.254 e. The van der Waals surface area contributed by atoms with Crippen LogP contribution in [0.4, 0.5) is 4.39 Å². The molecule has 1 fully saturated rings. The van der Waals surface area contributed by atoms with Crippen molar-refractivity contribution in [2.24, 2.45) is 0 Å². The zero-order valence-corrected chi connectivity index (χ0v) is 17.0. The number of ether oxygens (including phenoxy) is 1. The maximum Gasteiger partial charge on any atom is 0.254 e. The van der Waals surface area contributed by atoms with Crippen LogP contribution in [0.1, 0.15) is 28.8 Å². The lowest BCUT2D eigenvalue weighted by Crippen LogP contribution is -2.26. The van der Waals surface area contributed by atoms with Crippen LogP contribution in [0.2, 0.25) is 0 Å². The standard InChI is InChI=1S/C24H21FN4O2/c1-29(14-18-12-26-11-17-13-27-28-23(17)18)24(30)16-5-8-21(15-3-2-4-19(25)9-15)22(10-16)31-20-6-7-20/h2-5,8-13,20H,6-7,14H2,1H3,(H,27,28). The molecule has 1 N–H and O–H groups in total. The van der Waals surface area contributed by atoms with E-state index in [1.54, 1.807) is 48.7 Å². The molecule has 0 saturated heterocycles. The molecule has 2 heterocycles. The molecule has 0 spiro atoms. The van der Waals surface area contributed by atoms with Crippen molar-refractivity contribution < 1.29 is 13.9 Å². The van der Waals surface area contributed by atoms with Crippen LogP contribution in [0.5, 0.6) is 5.75 Å². The van der Waals surface area contributed by atoms with Crippen molar-refractivity contribution in [3.05, 3.63) is 78.0 Å². The highest BCUT2D eigenvalue weighted by atomic mass is 19.1. The lowest BCUT2D eigenvalue weighted by Gasteiger charge is -2.19. The van der Waals surface area contributed by atoms with Gasteiger partial charge in [0.1, 0.15) is 11.6 Å². The van der Waals surface area contributed by atoms with Crippen LogP contribution in [0.25, 0.3) is 22.0 Å². The number of hydrogen-bond acceptors (Lipinski definition) is 4. The van der Waals surface area contributed by atoms with Crippen molar-refractivity contribution in [1.29, 1.82) is 0 Å². The van der Waals surface area contributed by atoms with Gasteiger partial charge < -0.3 is 9.64 Å². The van der Waals surface area contributed by atoms with Crippen molar-refractivity contribution in [2.75, 3.05) is 7.05 Å². The molecule has 2 aromatic heterocycles. The Hall–Kier alpha value is -3.74. The van der Waals surface area contributed by atoms with E-state index in [1.165, 1.54) is 12.1 Å². The first-order valence-electron chi connectivity index (χ1n) is 10.2. The minimum atomic E-state index is -0.309. The Balaban J connectivity index is 1.43. The molecule has 156 valence electrons. The Labute approximate surface area is 178 Å². The van der Waals surface area contributed by atoms with Gasteiger partial charge in [0.05, 0.1) is 17.8 Å². The zero-order valence-electron chi connectivity index (χ0n) is 17.0. The third-order valence-corrected chi connectivity index (χ3v) is 5.37. The fraction of sp³-hybridized carbons (Fsp3) is 0.208. The van der Waals surface area contributed by atoms with Gasteiger partial charge in [-0.1, -0.05) is 12.1 Å². The van der Waals surface area contributed by atoms with E-state index in [0.717, 1.165) is 40.4 Å². The van der Waals surface area contributed by atoms with Gasteiger partial charge in [-0.25, -0.2) is 4.39 Å². The summed E-state index contributed by atoms with van der Waals surface area (Å²) in [6.07, 6.45) is 7.30. The number of aromatic amines is 1. The highest BCUT2D eigenvalue weighted by Crippen LogP contribution is 2.36. The molecule has 4 aromatic rings. The number of rotatable bonds is 6. The number of nitrogens with one attached hydrogen (secondary N) is 1. The predicted octanol–water partition coefficient (Wildman–Crippen LogP) is 4.58. The number of benzene rings is 2. The molecule has 7 heteroatoms. The highest BCUT2D eigenvalue weighted by molar-refractivity contribution is 5.95. The summed E-state index contributed by atoms with van der Waals surface area (Å²) < 4.78 is 19.8. The average Bonchev–Trinajstić information content (AvgIpc) is 3.45. The molecule has 1 saturated carbocycles. The SMILES string of the molecule is CN(Cc1cncc2cn[nH]c12)C(=O)c1ccc(-c2cccc(F)c2)c(OC2CC2)c1. The number of aromatic nitrogens is 3. The topological polar surface area (TPSA) is 71.1 Å². The van der Waals surface area contributed by atoms with Gasteiger partial charge in [0, 0.05) is 48.1 Å². The van der Waals surface area contributed by atoms with Crippen LogP contribution in [0.3, 0.4) is 0 Å². The molecular formula is C24H21FN4O2. The molecular weight excluding hydrogens is 395 g/mol. The Bertz CT molecular complexity index is 1270. The summed E-state index contributed by atoms with van der Waals surface area (Å²) in [6, 6.07) is 11.7. The van der Waals surface area contributed by atoms with Gasteiger partial charge in [-0.3, -0.25) is 14.9 Å². The Morgan fingerprint density at radius 1 is 1.19 bits per heavy atom. The first kappa shape index (κ1) is 19.2. The number of carbonyl (C=O) groups is 1. The Kier molecular flexibility index (Phi) is 4.86. The first-order valence-corrected chi connectivity index (χ1v) is 10.2. The zero-order chi connectivity index (χ0) is 21.4. The minimum absolute atomic E-state index is 0.136. The fourth-order valence-electron chi connectivity index (χ4n) is 3.60. The predicted molar refractivity (Wildman–Crippen MR) is 115 cm³/mol. The molecule has 0 unspecified atom stereocenters. The van der Waals surface area contributed by atoms with Crippen LogP contribution in [0, 0.1) is 5.82 Å². The van der Waals surface area contributed by atoms with Gasteiger partial charge in [-0.2, -0.15) is 5.10 Å². The summed E-state index contributed by atoms with van der Waals surface area (Å²) in [5.74, 6) is 0.156. The van der Waals surface area contributed by atoms with Crippen LogP contribution in [-0.2, 0) is 6.54 Å². The second kappa shape index (κ2) is 7.83. The van der Waals surface area contributed by atoms with E-state index in [2.05, 4.69) is 15.2 Å². The third kappa shape index (κ3) is 3.99. The minimum Gasteiger partial charge on any atom is -0.490 e. The molecule has 0 atom stereocenters. The average molecular weight is 416 g/mol. The van der Waals surface area contributed by atoms with E-state index >= 15 is 0 Å². The highest BCUT2D eigenvalue weighted by Gasteiger charge is 2.26. The van der Waals surface area contributed by atoms with Crippen molar-refractivity contribution >= 4 is 16.8 Å². The number of halogens is 1. The van der Waals surface area contributed by atoms with E-state index in [4.69, 9.17) is 4.74 Å². The van der Waals surface area contributed by atoms with Gasteiger partial charge in [0.25, 0.3) is 5.91 Å². The van der Waals surface area contributed by atoms with Gasteiger partial charge >= 0.3 is 0 Å². The normalized spacial score (nSPS) is 13.4. The van der Waals surface area contributed by atoms with Gasteiger partial charge in [0.2, 0.25) is 0 Å². The van der Waals surface area contributed by atoms with E-state index in [1.807, 2.05) is 12.1 Å². The molecule has 1 aliphatic rings. The second-order valence-electron chi connectivity index (χ2n) is 7.83. The maximum atomic E-state index is 13.8. The molecule has 2 aromatic carbocycles. The van der Waals surface area contributed by atoms with Crippen LogP contribution < -0.4 is 4.74 Å². The molecule has 0 aliphatic heterocycles. The van der Waals surface area contributed by atoms with Gasteiger partial charge in [-0.15, -0.1) is 0 Å². The summed E-state index contributed by atoms with van der Waals surface area (Å²) in [5, 5.41) is 7.91. The Morgan fingerprint density at radius 2 is 2.06 bits per heavy atom. The number of fused-ring (bicyclic) bond motifs is 1. The number of nitrogens with zero attached hydrogens (tertiary/aromatic N) is 3. The molecule has 5 rings (SSSR count). The number of H-pyrrole nitrogens is 1. The maximum absolute atomic E-state index is 13.8. The third-order valence-electron chi connectivity index (χ3n) is 5.37. The summed E-state index contributed by atoms with van der Waals surface area (Å²) in [5.41, 5.74) is 3.77. The second-order valence-corrected chi connectivity index (χ2v) is 7.83. The van der Waals surface area contributed by atoms with Crippen LogP contribution in [0.15, 0.2) is 61.1 Å². The monoisotopic (exact) mass is 416 g/mol. The summed E-state index contributed by atoms with van der Waals surface area (Å²) in [6.45, 7) is 0.385. The fourth-order valence-corrected chi connectivity index (χ4v) is 3.60. The van der Waals surface area contributed by atoms with Crippen LogP contribution in [-0.4, -0.2) is 39.1 Å². The van der Waals surface area contributed by atoms with E-state index in [-0.39, 0.29) is 17.8 Å².